The maximum absolute atomic E-state index is 13.3. The number of rotatable bonds is 5. The molecular weight excluding hydrogens is 464 g/mol. The minimum atomic E-state index is -0.942. The predicted octanol–water partition coefficient (Wildman–Crippen LogP) is 2.48. The highest BCUT2D eigenvalue weighted by Crippen LogP contribution is 2.68. The maximum atomic E-state index is 13.3. The number of thioether (sulfide) groups is 1. The van der Waals surface area contributed by atoms with Gasteiger partial charge in [-0.2, -0.15) is 0 Å². The van der Waals surface area contributed by atoms with Gasteiger partial charge in [-0.05, 0) is 36.7 Å². The molecule has 10 heteroatoms. The van der Waals surface area contributed by atoms with E-state index in [1.807, 2.05) is 12.1 Å². The largest absolute Gasteiger partial charge is 0.508 e. The van der Waals surface area contributed by atoms with Crippen LogP contribution in [0.4, 0.5) is 0 Å². The number of carboxylic acids is 1. The number of phenolic OH excluding ortho intramolecular Hbond substituents is 1. The van der Waals surface area contributed by atoms with Crippen molar-refractivity contribution in [3.05, 3.63) is 44.4 Å². The van der Waals surface area contributed by atoms with Crippen molar-refractivity contribution in [2.24, 2.45) is 29.6 Å². The molecule has 2 bridgehead atoms. The fourth-order valence-corrected chi connectivity index (χ4v) is 9.67. The minimum absolute atomic E-state index is 0.0147. The Morgan fingerprint density at radius 1 is 1.12 bits per heavy atom. The van der Waals surface area contributed by atoms with Crippen LogP contribution in [0.1, 0.15) is 35.6 Å². The monoisotopic (exact) mass is 486 g/mol. The van der Waals surface area contributed by atoms with Crippen molar-refractivity contribution < 1.29 is 24.6 Å². The maximum Gasteiger partial charge on any atom is 0.305 e. The first kappa shape index (κ1) is 21.0. The van der Waals surface area contributed by atoms with Gasteiger partial charge in [0.1, 0.15) is 5.75 Å². The Kier molecular flexibility index (Phi) is 4.74. The number of imide groups is 1. The molecule has 3 N–H and O–H groups in total. The Hall–Kier alpha value is -2.59. The molecule has 2 amide bonds. The van der Waals surface area contributed by atoms with Gasteiger partial charge in [0.15, 0.2) is 0 Å². The van der Waals surface area contributed by atoms with Gasteiger partial charge in [-0.3, -0.25) is 24.1 Å². The summed E-state index contributed by atoms with van der Waals surface area (Å²) in [4.78, 5) is 54.7. The number of thiazole rings is 1. The number of benzene rings is 1. The van der Waals surface area contributed by atoms with Gasteiger partial charge in [-0.25, -0.2) is 0 Å². The van der Waals surface area contributed by atoms with Crippen molar-refractivity contribution in [2.45, 2.75) is 35.5 Å². The van der Waals surface area contributed by atoms with Gasteiger partial charge in [-0.1, -0.05) is 29.5 Å². The average Bonchev–Trinajstić information content (AvgIpc) is 3.49. The molecule has 3 heterocycles. The number of carboxylic acid groups (broad SMARTS) is 1. The summed E-state index contributed by atoms with van der Waals surface area (Å²) in [5.74, 6) is -2.10. The van der Waals surface area contributed by atoms with Crippen LogP contribution in [-0.2, 0) is 14.4 Å². The number of amides is 2. The number of hydrogen-bond donors (Lipinski definition) is 3. The van der Waals surface area contributed by atoms with E-state index in [4.69, 9.17) is 5.11 Å². The lowest BCUT2D eigenvalue weighted by Crippen LogP contribution is -2.42. The summed E-state index contributed by atoms with van der Waals surface area (Å²) in [7, 11) is 0. The van der Waals surface area contributed by atoms with E-state index in [1.165, 1.54) is 4.90 Å². The number of aromatic hydroxyl groups is 1. The van der Waals surface area contributed by atoms with Crippen molar-refractivity contribution in [3.8, 4) is 5.75 Å². The third-order valence-corrected chi connectivity index (χ3v) is 10.4. The number of phenols is 1. The number of H-pyrrole nitrogens is 1. The van der Waals surface area contributed by atoms with Crippen LogP contribution in [0.25, 0.3) is 0 Å². The van der Waals surface area contributed by atoms with Crippen molar-refractivity contribution in [3.63, 3.8) is 0 Å². The van der Waals surface area contributed by atoms with Crippen molar-refractivity contribution in [1.29, 1.82) is 0 Å². The molecule has 172 valence electrons. The molecule has 0 unspecified atom stereocenters. The smallest absolute Gasteiger partial charge is 0.305 e. The second-order valence-corrected chi connectivity index (χ2v) is 11.5. The number of fused-ring (bicyclic) bond motifs is 9. The van der Waals surface area contributed by atoms with Crippen LogP contribution in [0.15, 0.2) is 34.1 Å². The third kappa shape index (κ3) is 2.96. The number of carbonyl (C=O) groups excluding carboxylic acids is 2. The number of aromatic amines is 1. The van der Waals surface area contributed by atoms with E-state index >= 15 is 0 Å². The van der Waals surface area contributed by atoms with Gasteiger partial charge in [0.2, 0.25) is 11.8 Å². The van der Waals surface area contributed by atoms with Crippen molar-refractivity contribution in [1.82, 2.24) is 9.88 Å². The zero-order valence-corrected chi connectivity index (χ0v) is 19.1. The van der Waals surface area contributed by atoms with Gasteiger partial charge in [-0.15, -0.1) is 11.8 Å². The average molecular weight is 487 g/mol. The Balaban J connectivity index is 1.39. The molecule has 1 aromatic heterocycles. The zero-order valence-electron chi connectivity index (χ0n) is 17.5. The molecule has 33 heavy (non-hydrogen) atoms. The Morgan fingerprint density at radius 3 is 2.58 bits per heavy atom. The Bertz CT molecular complexity index is 1240. The van der Waals surface area contributed by atoms with Gasteiger partial charge < -0.3 is 15.2 Å². The highest BCUT2D eigenvalue weighted by Gasteiger charge is 2.69. The summed E-state index contributed by atoms with van der Waals surface area (Å²) < 4.78 is 0. The number of hydrogen-bond acceptors (Lipinski definition) is 7. The molecule has 1 aromatic carbocycles. The summed E-state index contributed by atoms with van der Waals surface area (Å²) in [6.45, 7) is 0.141. The van der Waals surface area contributed by atoms with E-state index in [2.05, 4.69) is 4.98 Å². The van der Waals surface area contributed by atoms with Gasteiger partial charge in [0.25, 0.3) is 0 Å². The number of nitrogens with zero attached hydrogens (tertiary/aromatic N) is 1. The first-order valence-electron chi connectivity index (χ1n) is 11.1. The van der Waals surface area contributed by atoms with Crippen molar-refractivity contribution >= 4 is 40.9 Å². The number of aromatic nitrogens is 1. The van der Waals surface area contributed by atoms with Crippen LogP contribution >= 0.6 is 23.1 Å². The highest BCUT2D eigenvalue weighted by atomic mass is 32.2. The van der Waals surface area contributed by atoms with Crippen LogP contribution in [0.3, 0.4) is 0 Å². The summed E-state index contributed by atoms with van der Waals surface area (Å²) in [5.41, 5.74) is 0.753. The Morgan fingerprint density at radius 2 is 1.85 bits per heavy atom. The molecule has 3 fully saturated rings. The van der Waals surface area contributed by atoms with E-state index < -0.39 is 11.9 Å². The van der Waals surface area contributed by atoms with E-state index in [-0.39, 0.29) is 76.7 Å². The molecule has 1 saturated heterocycles. The normalized spacial score (nSPS) is 33.8. The van der Waals surface area contributed by atoms with Gasteiger partial charge >= 0.3 is 10.8 Å². The number of carbonyl (C=O) groups is 3. The number of para-hydroxylation sites is 1. The molecule has 2 aliphatic carbocycles. The molecule has 4 aliphatic rings. The molecule has 2 aromatic rings. The molecule has 7 atom stereocenters. The predicted molar refractivity (Wildman–Crippen MR) is 120 cm³/mol. The fourth-order valence-electron chi connectivity index (χ4n) is 6.79. The molecule has 8 nitrogen and oxygen atoms in total. The standard InChI is InChI=1S/C23H22N2O6S2/c26-12-5-2-1-4-9(12)14-15-10-8-11(18(15)32-20-19(14)33-23(31)24-20)17-16(10)21(29)25(22(17)30)7-3-6-13(27)28/h1-2,4-5,10-11,14-18,26H,3,6-8H2,(H,24,31)(H,27,28)/t10-,11-,14-,15-,16+,17-,18-/m1/s1. The summed E-state index contributed by atoms with van der Waals surface area (Å²) in [5, 5.41) is 20.5. The summed E-state index contributed by atoms with van der Waals surface area (Å²) in [6.07, 6.45) is 0.951. The van der Waals surface area contributed by atoms with E-state index in [0.29, 0.717) is 0 Å². The van der Waals surface area contributed by atoms with Crippen LogP contribution in [-0.4, -0.2) is 49.7 Å². The fraction of sp³-hybridized carbons (Fsp3) is 0.478. The second-order valence-electron chi connectivity index (χ2n) is 9.34. The molecular formula is C23H22N2O6S2. The lowest BCUT2D eigenvalue weighted by atomic mass is 9.68. The minimum Gasteiger partial charge on any atom is -0.508 e. The highest BCUT2D eigenvalue weighted by molar-refractivity contribution is 8.00. The SMILES string of the molecule is O=C(O)CCCN1C(=O)[C@@H]2[C@H]3C[C@@H]([C@@H]2C1=O)[C@@H]1[C@@H](c2ccccc2O)c2sc(=O)[nH]c2S[C@H]31. The lowest BCUT2D eigenvalue weighted by Gasteiger charge is -2.43. The summed E-state index contributed by atoms with van der Waals surface area (Å²) in [6, 6.07) is 7.15. The number of nitrogens with one attached hydrogen (secondary N) is 1. The quantitative estimate of drug-likeness (QED) is 0.554. The zero-order chi connectivity index (χ0) is 23.0. The third-order valence-electron chi connectivity index (χ3n) is 7.86. The van der Waals surface area contributed by atoms with Crippen LogP contribution in [0.5, 0.6) is 5.75 Å². The molecule has 2 saturated carbocycles. The van der Waals surface area contributed by atoms with Gasteiger partial charge in [0.05, 0.1) is 16.9 Å². The van der Waals surface area contributed by atoms with Crippen LogP contribution in [0.2, 0.25) is 0 Å². The van der Waals surface area contributed by atoms with Gasteiger partial charge in [0, 0.05) is 34.6 Å². The first-order valence-corrected chi connectivity index (χ1v) is 12.8. The molecule has 2 aliphatic heterocycles. The van der Waals surface area contributed by atoms with Crippen LogP contribution < -0.4 is 4.87 Å². The van der Waals surface area contributed by atoms with E-state index in [9.17, 15) is 24.3 Å². The van der Waals surface area contributed by atoms with E-state index in [1.54, 1.807) is 23.9 Å². The van der Waals surface area contributed by atoms with Crippen LogP contribution in [0, 0.1) is 29.6 Å². The molecule has 0 spiro atoms. The number of likely N-dealkylation sites (tertiary alicyclic amines) is 1. The summed E-state index contributed by atoms with van der Waals surface area (Å²) >= 11 is 2.76. The molecule has 6 rings (SSSR count). The number of aliphatic carboxylic acids is 1. The Labute approximate surface area is 197 Å². The molecule has 0 radical (unpaired) electrons. The lowest BCUT2D eigenvalue weighted by molar-refractivity contribution is -0.142. The second kappa shape index (κ2) is 7.46. The topological polar surface area (TPSA) is 128 Å². The van der Waals surface area contributed by atoms with E-state index in [0.717, 1.165) is 33.2 Å². The first-order chi connectivity index (χ1) is 15.9. The van der Waals surface area contributed by atoms with Crippen molar-refractivity contribution in [2.75, 3.05) is 6.54 Å².